The highest BCUT2D eigenvalue weighted by Gasteiger charge is 2.11. The highest BCUT2D eigenvalue weighted by molar-refractivity contribution is 6.02. The quantitative estimate of drug-likeness (QED) is 0.688. The minimum Gasteiger partial charge on any atom is -0.294 e. The van der Waals surface area contributed by atoms with E-state index < -0.39 is 0 Å². The molecule has 0 atom stereocenters. The Bertz CT molecular complexity index is 514. The molecule has 18 heavy (non-hydrogen) atoms. The molecule has 0 bridgehead atoms. The largest absolute Gasteiger partial charge is 0.294 e. The Morgan fingerprint density at radius 1 is 0.944 bits per heavy atom. The maximum atomic E-state index is 12.2. The van der Waals surface area contributed by atoms with Crippen LogP contribution in [0.3, 0.4) is 0 Å². The van der Waals surface area contributed by atoms with Crippen molar-refractivity contribution in [2.75, 3.05) is 0 Å². The predicted octanol–water partition coefficient (Wildman–Crippen LogP) is 4.73. The average molecular weight is 238 g/mol. The van der Waals surface area contributed by atoms with E-state index in [1.807, 2.05) is 54.6 Å². The molecule has 0 fully saturated rings. The number of Topliss-reactive ketones (excluding diaryl/α,β-unsaturated/α-hetero) is 1. The molecule has 0 aliphatic heterocycles. The normalized spacial score (nSPS) is 10.3. The SMILES string of the molecule is CCCCC(=O)c1ccccc1-c1ccccc1. The van der Waals surface area contributed by atoms with Crippen molar-refractivity contribution in [3.63, 3.8) is 0 Å². The Morgan fingerprint density at radius 3 is 2.33 bits per heavy atom. The molecular weight excluding hydrogens is 220 g/mol. The van der Waals surface area contributed by atoms with Crippen molar-refractivity contribution in [3.8, 4) is 11.1 Å². The molecule has 0 radical (unpaired) electrons. The number of unbranched alkanes of at least 4 members (excludes halogenated alkanes) is 1. The summed E-state index contributed by atoms with van der Waals surface area (Å²) in [6.07, 6.45) is 2.65. The smallest absolute Gasteiger partial charge is 0.163 e. The minimum absolute atomic E-state index is 0.247. The van der Waals surface area contributed by atoms with Crippen LogP contribution in [-0.4, -0.2) is 5.78 Å². The summed E-state index contributed by atoms with van der Waals surface area (Å²) in [4.78, 5) is 12.2. The molecule has 0 saturated carbocycles. The van der Waals surface area contributed by atoms with Gasteiger partial charge in [-0.3, -0.25) is 4.79 Å². The molecule has 1 nitrogen and oxygen atoms in total. The van der Waals surface area contributed by atoms with Gasteiger partial charge in [0.05, 0.1) is 0 Å². The van der Waals surface area contributed by atoms with Gasteiger partial charge in [0.25, 0.3) is 0 Å². The second-order valence-corrected chi connectivity index (χ2v) is 4.44. The van der Waals surface area contributed by atoms with Gasteiger partial charge in [-0.1, -0.05) is 67.9 Å². The Balaban J connectivity index is 2.34. The van der Waals surface area contributed by atoms with Crippen LogP contribution in [0.2, 0.25) is 0 Å². The first-order valence-electron chi connectivity index (χ1n) is 6.50. The number of hydrogen-bond donors (Lipinski definition) is 0. The summed E-state index contributed by atoms with van der Waals surface area (Å²) in [6, 6.07) is 18.0. The van der Waals surface area contributed by atoms with E-state index >= 15 is 0 Å². The molecule has 92 valence electrons. The summed E-state index contributed by atoms with van der Waals surface area (Å²) in [5.41, 5.74) is 2.99. The molecule has 1 heteroatoms. The highest BCUT2D eigenvalue weighted by Crippen LogP contribution is 2.24. The van der Waals surface area contributed by atoms with Crippen LogP contribution in [0.15, 0.2) is 54.6 Å². The Hall–Kier alpha value is -1.89. The lowest BCUT2D eigenvalue weighted by Gasteiger charge is -2.08. The van der Waals surface area contributed by atoms with Gasteiger partial charge in [-0.05, 0) is 17.5 Å². The number of carbonyl (C=O) groups excluding carboxylic acids is 1. The predicted molar refractivity (Wildman–Crippen MR) is 75.7 cm³/mol. The van der Waals surface area contributed by atoms with Crippen molar-refractivity contribution in [1.29, 1.82) is 0 Å². The second kappa shape index (κ2) is 6.15. The van der Waals surface area contributed by atoms with E-state index in [2.05, 4.69) is 6.92 Å². The first-order valence-corrected chi connectivity index (χ1v) is 6.50. The first kappa shape index (κ1) is 12.6. The van der Waals surface area contributed by atoms with Crippen molar-refractivity contribution < 1.29 is 4.79 Å². The lowest BCUT2D eigenvalue weighted by molar-refractivity contribution is 0.0980. The molecule has 0 aliphatic carbocycles. The van der Waals surface area contributed by atoms with Crippen LogP contribution in [0.4, 0.5) is 0 Å². The Kier molecular flexibility index (Phi) is 4.30. The number of carbonyl (C=O) groups is 1. The number of benzene rings is 2. The molecule has 2 aromatic rings. The van der Waals surface area contributed by atoms with Gasteiger partial charge in [-0.15, -0.1) is 0 Å². The maximum Gasteiger partial charge on any atom is 0.163 e. The summed E-state index contributed by atoms with van der Waals surface area (Å²) < 4.78 is 0. The highest BCUT2D eigenvalue weighted by atomic mass is 16.1. The first-order chi connectivity index (χ1) is 8.83. The minimum atomic E-state index is 0.247. The second-order valence-electron chi connectivity index (χ2n) is 4.44. The number of ketones is 1. The van der Waals surface area contributed by atoms with E-state index in [1.54, 1.807) is 0 Å². The topological polar surface area (TPSA) is 17.1 Å². The van der Waals surface area contributed by atoms with E-state index in [4.69, 9.17) is 0 Å². The molecule has 2 aromatic carbocycles. The monoisotopic (exact) mass is 238 g/mol. The van der Waals surface area contributed by atoms with Gasteiger partial charge in [-0.2, -0.15) is 0 Å². The van der Waals surface area contributed by atoms with Gasteiger partial charge in [-0.25, -0.2) is 0 Å². The molecule has 0 heterocycles. The zero-order valence-electron chi connectivity index (χ0n) is 10.7. The van der Waals surface area contributed by atoms with E-state index in [1.165, 1.54) is 0 Å². The van der Waals surface area contributed by atoms with Crippen LogP contribution in [0, 0.1) is 0 Å². The van der Waals surface area contributed by atoms with Crippen molar-refractivity contribution in [2.24, 2.45) is 0 Å². The molecule has 0 spiro atoms. The van der Waals surface area contributed by atoms with Crippen molar-refractivity contribution in [3.05, 3.63) is 60.2 Å². The van der Waals surface area contributed by atoms with Gasteiger partial charge in [0.1, 0.15) is 0 Å². The average Bonchev–Trinajstić information content (AvgIpc) is 2.45. The third-order valence-corrected chi connectivity index (χ3v) is 3.07. The molecular formula is C17H18O. The van der Waals surface area contributed by atoms with Crippen LogP contribution in [0.1, 0.15) is 36.5 Å². The van der Waals surface area contributed by atoms with Crippen molar-refractivity contribution >= 4 is 5.78 Å². The third-order valence-electron chi connectivity index (χ3n) is 3.07. The van der Waals surface area contributed by atoms with E-state index in [-0.39, 0.29) is 5.78 Å². The fourth-order valence-electron chi connectivity index (χ4n) is 2.07. The zero-order valence-corrected chi connectivity index (χ0v) is 10.7. The molecule has 0 saturated heterocycles. The van der Waals surface area contributed by atoms with Gasteiger partial charge in [0.2, 0.25) is 0 Å². The number of hydrogen-bond acceptors (Lipinski definition) is 1. The van der Waals surface area contributed by atoms with Crippen LogP contribution >= 0.6 is 0 Å². The molecule has 2 rings (SSSR count). The summed E-state index contributed by atoms with van der Waals surface area (Å²) in [5.74, 6) is 0.247. The van der Waals surface area contributed by atoms with Crippen LogP contribution in [0.5, 0.6) is 0 Å². The zero-order chi connectivity index (χ0) is 12.8. The van der Waals surface area contributed by atoms with E-state index in [9.17, 15) is 4.79 Å². The molecule has 0 unspecified atom stereocenters. The van der Waals surface area contributed by atoms with Gasteiger partial charge in [0, 0.05) is 12.0 Å². The molecule has 0 amide bonds. The fourth-order valence-corrected chi connectivity index (χ4v) is 2.07. The molecule has 0 aliphatic rings. The lowest BCUT2D eigenvalue weighted by atomic mass is 9.95. The summed E-state index contributed by atoms with van der Waals surface area (Å²) in [6.45, 7) is 2.11. The standard InChI is InChI=1S/C17H18O/c1-2-3-13-17(18)16-12-8-7-11-15(16)14-9-5-4-6-10-14/h4-12H,2-3,13H2,1H3. The van der Waals surface area contributed by atoms with E-state index in [0.717, 1.165) is 29.5 Å². The van der Waals surface area contributed by atoms with Crippen LogP contribution in [0.25, 0.3) is 11.1 Å². The van der Waals surface area contributed by atoms with E-state index in [0.29, 0.717) is 6.42 Å². The molecule has 0 aromatic heterocycles. The lowest BCUT2D eigenvalue weighted by Crippen LogP contribution is -2.01. The summed E-state index contributed by atoms with van der Waals surface area (Å²) in [7, 11) is 0. The van der Waals surface area contributed by atoms with Crippen molar-refractivity contribution in [2.45, 2.75) is 26.2 Å². The van der Waals surface area contributed by atoms with Crippen LogP contribution < -0.4 is 0 Å². The fraction of sp³-hybridized carbons (Fsp3) is 0.235. The maximum absolute atomic E-state index is 12.2. The van der Waals surface area contributed by atoms with Gasteiger partial charge < -0.3 is 0 Å². The summed E-state index contributed by atoms with van der Waals surface area (Å²) >= 11 is 0. The molecule has 0 N–H and O–H groups in total. The Labute approximate surface area is 108 Å². The van der Waals surface area contributed by atoms with Gasteiger partial charge in [0.15, 0.2) is 5.78 Å². The van der Waals surface area contributed by atoms with Crippen molar-refractivity contribution in [1.82, 2.24) is 0 Å². The van der Waals surface area contributed by atoms with Crippen LogP contribution in [-0.2, 0) is 0 Å². The third kappa shape index (κ3) is 2.86. The van der Waals surface area contributed by atoms with Gasteiger partial charge >= 0.3 is 0 Å². The Morgan fingerprint density at radius 2 is 1.61 bits per heavy atom. The number of rotatable bonds is 5. The summed E-state index contributed by atoms with van der Waals surface area (Å²) in [5, 5.41) is 0.